The molecule has 1 atom stereocenters. The standard InChI is InChI=1S/C22H26FN5/c1-13-10-17(23)12-18(11-13)26-22-27-20-16(8-9-24)4-3-5-19(20)21(28-22)25-14(2)15-6-7-15/h3-5,10-12,14-15H,6-9,24H2,1-2H3,(H2,25,26,27,28)/t14-/m1/s1. The van der Waals surface area contributed by atoms with Crippen LogP contribution in [0.1, 0.15) is 30.9 Å². The second kappa shape index (κ2) is 7.72. The third-order valence-corrected chi connectivity index (χ3v) is 5.22. The van der Waals surface area contributed by atoms with Gasteiger partial charge in [0.15, 0.2) is 0 Å². The average Bonchev–Trinajstić information content (AvgIpc) is 3.47. The molecule has 4 rings (SSSR count). The first-order chi connectivity index (χ1) is 13.5. The van der Waals surface area contributed by atoms with Crippen LogP contribution in [0.2, 0.25) is 0 Å². The molecule has 6 heteroatoms. The fourth-order valence-corrected chi connectivity index (χ4v) is 3.60. The molecule has 146 valence electrons. The van der Waals surface area contributed by atoms with Gasteiger partial charge in [0, 0.05) is 17.1 Å². The summed E-state index contributed by atoms with van der Waals surface area (Å²) in [4.78, 5) is 9.46. The van der Waals surface area contributed by atoms with E-state index in [2.05, 4.69) is 17.6 Å². The zero-order valence-electron chi connectivity index (χ0n) is 16.3. The van der Waals surface area contributed by atoms with Crippen LogP contribution >= 0.6 is 0 Å². The lowest BCUT2D eigenvalue weighted by Crippen LogP contribution is -2.19. The van der Waals surface area contributed by atoms with E-state index in [-0.39, 0.29) is 5.82 Å². The van der Waals surface area contributed by atoms with Crippen molar-refractivity contribution in [2.45, 2.75) is 39.2 Å². The minimum Gasteiger partial charge on any atom is -0.367 e. The van der Waals surface area contributed by atoms with E-state index in [9.17, 15) is 4.39 Å². The topological polar surface area (TPSA) is 75.9 Å². The molecule has 4 N–H and O–H groups in total. The zero-order valence-corrected chi connectivity index (χ0v) is 16.3. The molecule has 0 amide bonds. The van der Waals surface area contributed by atoms with Gasteiger partial charge in [-0.15, -0.1) is 0 Å². The number of aromatic nitrogens is 2. The molecule has 5 nitrogen and oxygen atoms in total. The van der Waals surface area contributed by atoms with E-state index in [0.29, 0.717) is 30.1 Å². The Hall–Kier alpha value is -2.73. The van der Waals surface area contributed by atoms with Crippen LogP contribution in [0.5, 0.6) is 0 Å². The Morgan fingerprint density at radius 2 is 2.04 bits per heavy atom. The van der Waals surface area contributed by atoms with E-state index in [4.69, 9.17) is 15.7 Å². The number of rotatable bonds is 7. The molecule has 2 aromatic carbocycles. The molecule has 3 aromatic rings. The van der Waals surface area contributed by atoms with Crippen molar-refractivity contribution in [2.24, 2.45) is 11.7 Å². The first-order valence-electron chi connectivity index (χ1n) is 9.84. The summed E-state index contributed by atoms with van der Waals surface area (Å²) in [5, 5.41) is 7.73. The fraction of sp³-hybridized carbons (Fsp3) is 0.364. The third-order valence-electron chi connectivity index (χ3n) is 5.22. The number of fused-ring (bicyclic) bond motifs is 1. The molecule has 0 saturated heterocycles. The van der Waals surface area contributed by atoms with E-state index in [0.717, 1.165) is 34.3 Å². The second-order valence-corrected chi connectivity index (χ2v) is 7.66. The average molecular weight is 379 g/mol. The number of hydrogen-bond acceptors (Lipinski definition) is 5. The van der Waals surface area contributed by atoms with Crippen molar-refractivity contribution in [1.82, 2.24) is 9.97 Å². The minimum atomic E-state index is -0.284. The van der Waals surface area contributed by atoms with Crippen molar-refractivity contribution in [2.75, 3.05) is 17.2 Å². The van der Waals surface area contributed by atoms with Crippen LogP contribution in [0, 0.1) is 18.7 Å². The SMILES string of the molecule is Cc1cc(F)cc(Nc2nc(N[C@H](C)C3CC3)c3cccc(CCN)c3n2)c1. The maximum absolute atomic E-state index is 13.8. The summed E-state index contributed by atoms with van der Waals surface area (Å²) >= 11 is 0. The van der Waals surface area contributed by atoms with Gasteiger partial charge in [-0.3, -0.25) is 0 Å². The number of anilines is 3. The largest absolute Gasteiger partial charge is 0.367 e. The summed E-state index contributed by atoms with van der Waals surface area (Å²) in [6, 6.07) is 11.3. The van der Waals surface area contributed by atoms with E-state index in [1.54, 1.807) is 0 Å². The highest BCUT2D eigenvalue weighted by molar-refractivity contribution is 5.92. The monoisotopic (exact) mass is 379 g/mol. The molecule has 0 aliphatic heterocycles. The maximum Gasteiger partial charge on any atom is 0.229 e. The lowest BCUT2D eigenvalue weighted by Gasteiger charge is -2.18. The Labute approximate surface area is 164 Å². The first-order valence-corrected chi connectivity index (χ1v) is 9.84. The molecule has 1 aliphatic carbocycles. The normalized spacial score (nSPS) is 14.9. The Balaban J connectivity index is 1.77. The third kappa shape index (κ3) is 4.07. The second-order valence-electron chi connectivity index (χ2n) is 7.66. The van der Waals surface area contributed by atoms with Gasteiger partial charge in [0.05, 0.1) is 5.52 Å². The number of para-hydroxylation sites is 1. The lowest BCUT2D eigenvalue weighted by atomic mass is 10.1. The number of nitrogens with one attached hydrogen (secondary N) is 2. The summed E-state index contributed by atoms with van der Waals surface area (Å²) in [7, 11) is 0. The van der Waals surface area contributed by atoms with Crippen LogP contribution in [0.15, 0.2) is 36.4 Å². The van der Waals surface area contributed by atoms with Crippen LogP contribution in [0.25, 0.3) is 10.9 Å². The molecule has 0 bridgehead atoms. The Morgan fingerprint density at radius 3 is 2.75 bits per heavy atom. The molecule has 1 saturated carbocycles. The van der Waals surface area contributed by atoms with Crippen molar-refractivity contribution in [3.05, 3.63) is 53.3 Å². The van der Waals surface area contributed by atoms with E-state index in [1.807, 2.05) is 31.2 Å². The number of nitrogens with zero attached hydrogens (tertiary/aromatic N) is 2. The van der Waals surface area contributed by atoms with Crippen molar-refractivity contribution >= 4 is 28.4 Å². The predicted octanol–water partition coefficient (Wildman–Crippen LogP) is 4.53. The summed E-state index contributed by atoms with van der Waals surface area (Å²) in [6.07, 6.45) is 3.25. The highest BCUT2D eigenvalue weighted by Gasteiger charge is 2.28. The highest BCUT2D eigenvalue weighted by atomic mass is 19.1. The van der Waals surface area contributed by atoms with Gasteiger partial charge in [-0.2, -0.15) is 4.98 Å². The Bertz CT molecular complexity index is 979. The predicted molar refractivity (Wildman–Crippen MR) is 113 cm³/mol. The Kier molecular flexibility index (Phi) is 5.13. The maximum atomic E-state index is 13.8. The van der Waals surface area contributed by atoms with Gasteiger partial charge < -0.3 is 16.4 Å². The van der Waals surface area contributed by atoms with Crippen LogP contribution in [0.3, 0.4) is 0 Å². The van der Waals surface area contributed by atoms with Crippen LogP contribution < -0.4 is 16.4 Å². The highest BCUT2D eigenvalue weighted by Crippen LogP contribution is 2.35. The summed E-state index contributed by atoms with van der Waals surface area (Å²) in [6.45, 7) is 4.60. The molecule has 1 fully saturated rings. The minimum absolute atomic E-state index is 0.284. The summed E-state index contributed by atoms with van der Waals surface area (Å²) in [5.74, 6) is 1.67. The molecule has 0 spiro atoms. The molecule has 1 heterocycles. The molecule has 0 radical (unpaired) electrons. The van der Waals surface area contributed by atoms with Crippen molar-refractivity contribution in [1.29, 1.82) is 0 Å². The number of benzene rings is 2. The van der Waals surface area contributed by atoms with Gasteiger partial charge in [-0.1, -0.05) is 12.1 Å². The summed E-state index contributed by atoms with van der Waals surface area (Å²) in [5.41, 5.74) is 9.24. The zero-order chi connectivity index (χ0) is 19.7. The first kappa shape index (κ1) is 18.6. The number of halogens is 1. The van der Waals surface area contributed by atoms with Gasteiger partial charge in [-0.25, -0.2) is 9.37 Å². The number of hydrogen-bond donors (Lipinski definition) is 3. The van der Waals surface area contributed by atoms with Crippen molar-refractivity contribution in [3.8, 4) is 0 Å². The summed E-state index contributed by atoms with van der Waals surface area (Å²) < 4.78 is 13.8. The number of aryl methyl sites for hydroxylation is 1. The van der Waals surface area contributed by atoms with E-state index >= 15 is 0 Å². The molecular formula is C22H26FN5. The van der Waals surface area contributed by atoms with Crippen LogP contribution in [-0.4, -0.2) is 22.6 Å². The molecular weight excluding hydrogens is 353 g/mol. The van der Waals surface area contributed by atoms with Crippen molar-refractivity contribution < 1.29 is 4.39 Å². The van der Waals surface area contributed by atoms with E-state index < -0.39 is 0 Å². The lowest BCUT2D eigenvalue weighted by molar-refractivity contribution is 0.627. The van der Waals surface area contributed by atoms with Gasteiger partial charge in [0.1, 0.15) is 11.6 Å². The van der Waals surface area contributed by atoms with Gasteiger partial charge in [-0.05, 0) is 81.0 Å². The van der Waals surface area contributed by atoms with Gasteiger partial charge in [0.25, 0.3) is 0 Å². The Morgan fingerprint density at radius 1 is 1.21 bits per heavy atom. The molecule has 1 aromatic heterocycles. The molecule has 28 heavy (non-hydrogen) atoms. The van der Waals surface area contributed by atoms with E-state index in [1.165, 1.54) is 25.0 Å². The van der Waals surface area contributed by atoms with Gasteiger partial charge in [0.2, 0.25) is 5.95 Å². The van der Waals surface area contributed by atoms with Crippen LogP contribution in [-0.2, 0) is 6.42 Å². The smallest absolute Gasteiger partial charge is 0.229 e. The molecule has 1 aliphatic rings. The van der Waals surface area contributed by atoms with Gasteiger partial charge >= 0.3 is 0 Å². The fourth-order valence-electron chi connectivity index (χ4n) is 3.60. The quantitative estimate of drug-likeness (QED) is 0.562. The van der Waals surface area contributed by atoms with Crippen molar-refractivity contribution in [3.63, 3.8) is 0 Å². The van der Waals surface area contributed by atoms with Crippen LogP contribution in [0.4, 0.5) is 21.8 Å². The number of nitrogens with two attached hydrogens (primary N) is 1. The molecule has 0 unspecified atom stereocenters.